The van der Waals surface area contributed by atoms with Gasteiger partial charge in [-0.25, -0.2) is 0 Å². The molecule has 0 spiro atoms. The molecule has 0 bridgehead atoms. The van der Waals surface area contributed by atoms with Gasteiger partial charge in [-0.05, 0) is 42.0 Å². The van der Waals surface area contributed by atoms with E-state index in [4.69, 9.17) is 11.6 Å². The lowest BCUT2D eigenvalue weighted by atomic mass is 10.2. The molecule has 4 heteroatoms. The minimum Gasteiger partial charge on any atom is -0.379 e. The fourth-order valence-electron chi connectivity index (χ4n) is 1.94. The van der Waals surface area contributed by atoms with Crippen molar-refractivity contribution in [2.24, 2.45) is 0 Å². The van der Waals surface area contributed by atoms with Crippen LogP contribution < -0.4 is 10.6 Å². The Bertz CT molecular complexity index is 584. The van der Waals surface area contributed by atoms with Crippen LogP contribution in [-0.2, 0) is 6.54 Å². The van der Waals surface area contributed by atoms with E-state index in [2.05, 4.69) is 38.7 Å². The summed E-state index contributed by atoms with van der Waals surface area (Å²) in [7, 11) is 0. The molecule has 0 saturated carbocycles. The fraction of sp³-hybridized carbons (Fsp3) is 0.0769. The molecule has 0 amide bonds. The van der Waals surface area contributed by atoms with Crippen molar-refractivity contribution in [3.8, 4) is 0 Å². The van der Waals surface area contributed by atoms with Crippen molar-refractivity contribution in [3.63, 3.8) is 0 Å². The minimum absolute atomic E-state index is 0.763. The van der Waals surface area contributed by atoms with Gasteiger partial charge in [0.2, 0.25) is 0 Å². The van der Waals surface area contributed by atoms with Crippen LogP contribution in [-0.4, -0.2) is 0 Å². The van der Waals surface area contributed by atoms with Gasteiger partial charge in [-0.3, -0.25) is 0 Å². The van der Waals surface area contributed by atoms with Crippen LogP contribution in [0.15, 0.2) is 40.9 Å². The second kappa shape index (κ2) is 4.24. The van der Waals surface area contributed by atoms with Gasteiger partial charge in [0.05, 0.1) is 11.4 Å². The van der Waals surface area contributed by atoms with Crippen LogP contribution in [0.25, 0.3) is 0 Å². The average Bonchev–Trinajstić information content (AvgIpc) is 2.47. The number of rotatable bonds is 0. The number of hydrogen-bond acceptors (Lipinski definition) is 2. The summed E-state index contributed by atoms with van der Waals surface area (Å²) in [5.74, 6) is 0. The van der Waals surface area contributed by atoms with Crippen LogP contribution in [0.3, 0.4) is 0 Å². The highest BCUT2D eigenvalue weighted by Crippen LogP contribution is 2.34. The van der Waals surface area contributed by atoms with Gasteiger partial charge in [-0.2, -0.15) is 0 Å². The smallest absolute Gasteiger partial charge is 0.0631 e. The molecule has 1 aliphatic rings. The largest absolute Gasteiger partial charge is 0.379 e. The van der Waals surface area contributed by atoms with Crippen molar-refractivity contribution in [1.29, 1.82) is 0 Å². The summed E-state index contributed by atoms with van der Waals surface area (Å²) in [5.41, 5.74) is 4.43. The summed E-state index contributed by atoms with van der Waals surface area (Å²) in [6.07, 6.45) is 0. The van der Waals surface area contributed by atoms with Gasteiger partial charge in [-0.15, -0.1) is 0 Å². The van der Waals surface area contributed by atoms with Gasteiger partial charge in [0.25, 0.3) is 0 Å². The van der Waals surface area contributed by atoms with E-state index in [0.717, 1.165) is 33.1 Å². The molecular formula is C13H10BrClN2. The van der Waals surface area contributed by atoms with Gasteiger partial charge in [0.1, 0.15) is 0 Å². The van der Waals surface area contributed by atoms with Crippen LogP contribution in [0.1, 0.15) is 5.56 Å². The van der Waals surface area contributed by atoms with Crippen LogP contribution >= 0.6 is 27.5 Å². The normalized spacial score (nSPS) is 12.8. The lowest BCUT2D eigenvalue weighted by Crippen LogP contribution is -1.97. The Hall–Kier alpha value is -1.19. The highest BCUT2D eigenvalue weighted by molar-refractivity contribution is 9.10. The summed E-state index contributed by atoms with van der Waals surface area (Å²) in [6.45, 7) is 0.775. The molecule has 2 aromatic carbocycles. The van der Waals surface area contributed by atoms with Gasteiger partial charge in [0, 0.05) is 21.7 Å². The first-order valence-electron chi connectivity index (χ1n) is 5.31. The molecule has 0 unspecified atom stereocenters. The van der Waals surface area contributed by atoms with E-state index in [1.807, 2.05) is 24.3 Å². The molecule has 0 radical (unpaired) electrons. The molecule has 3 rings (SSSR count). The number of nitrogens with one attached hydrogen (secondary N) is 2. The first kappa shape index (κ1) is 10.9. The van der Waals surface area contributed by atoms with Gasteiger partial charge < -0.3 is 10.6 Å². The summed E-state index contributed by atoms with van der Waals surface area (Å²) in [4.78, 5) is 0. The van der Waals surface area contributed by atoms with Crippen LogP contribution in [0, 0.1) is 0 Å². The van der Waals surface area contributed by atoms with E-state index in [1.54, 1.807) is 0 Å². The van der Waals surface area contributed by atoms with Crippen molar-refractivity contribution in [2.45, 2.75) is 6.54 Å². The predicted molar refractivity (Wildman–Crippen MR) is 76.2 cm³/mol. The maximum absolute atomic E-state index is 6.00. The molecule has 2 aromatic rings. The quantitative estimate of drug-likeness (QED) is 0.732. The Balaban J connectivity index is 2.08. The Morgan fingerprint density at radius 1 is 1.00 bits per heavy atom. The number of hydrogen-bond donors (Lipinski definition) is 2. The molecular weight excluding hydrogens is 300 g/mol. The van der Waals surface area contributed by atoms with Gasteiger partial charge >= 0.3 is 0 Å². The highest BCUT2D eigenvalue weighted by atomic mass is 79.9. The molecule has 0 saturated heterocycles. The van der Waals surface area contributed by atoms with Crippen molar-refractivity contribution in [1.82, 2.24) is 0 Å². The first-order chi connectivity index (χ1) is 8.22. The molecule has 0 atom stereocenters. The SMILES string of the molecule is Clc1ccc2c(c1)CNc1ccc(Br)cc1N2. The molecule has 2 N–H and O–H groups in total. The predicted octanol–water partition coefficient (Wildman–Crippen LogP) is 4.77. The maximum Gasteiger partial charge on any atom is 0.0631 e. The number of fused-ring (bicyclic) bond motifs is 2. The van der Waals surface area contributed by atoms with Crippen LogP contribution in [0.2, 0.25) is 5.02 Å². The Kier molecular flexibility index (Phi) is 2.73. The number of halogens is 2. The molecule has 0 fully saturated rings. The third-order valence-corrected chi connectivity index (χ3v) is 3.52. The molecule has 86 valence electrons. The van der Waals surface area contributed by atoms with Gasteiger partial charge in [-0.1, -0.05) is 27.5 Å². The summed E-state index contributed by atoms with van der Waals surface area (Å²) >= 11 is 9.48. The topological polar surface area (TPSA) is 24.1 Å². The number of anilines is 3. The monoisotopic (exact) mass is 308 g/mol. The summed E-state index contributed by atoms with van der Waals surface area (Å²) in [6, 6.07) is 12.0. The zero-order valence-electron chi connectivity index (χ0n) is 8.93. The third-order valence-electron chi connectivity index (χ3n) is 2.79. The van der Waals surface area contributed by atoms with Crippen molar-refractivity contribution >= 4 is 44.6 Å². The average molecular weight is 310 g/mol. The summed E-state index contributed by atoms with van der Waals surface area (Å²) in [5, 5.41) is 7.58. The maximum atomic E-state index is 6.00. The zero-order chi connectivity index (χ0) is 11.8. The van der Waals surface area contributed by atoms with Crippen molar-refractivity contribution in [2.75, 3.05) is 10.6 Å². The zero-order valence-corrected chi connectivity index (χ0v) is 11.3. The molecule has 1 aliphatic heterocycles. The van der Waals surface area contributed by atoms with Crippen molar-refractivity contribution in [3.05, 3.63) is 51.5 Å². The first-order valence-corrected chi connectivity index (χ1v) is 6.48. The Morgan fingerprint density at radius 2 is 1.82 bits per heavy atom. The Labute approximate surface area is 113 Å². The molecule has 1 heterocycles. The van der Waals surface area contributed by atoms with Crippen LogP contribution in [0.5, 0.6) is 0 Å². The van der Waals surface area contributed by atoms with E-state index in [1.165, 1.54) is 5.56 Å². The van der Waals surface area contributed by atoms with E-state index < -0.39 is 0 Å². The molecule has 2 nitrogen and oxygen atoms in total. The molecule has 17 heavy (non-hydrogen) atoms. The molecule has 0 aromatic heterocycles. The van der Waals surface area contributed by atoms with Crippen LogP contribution in [0.4, 0.5) is 17.1 Å². The number of benzene rings is 2. The summed E-state index contributed by atoms with van der Waals surface area (Å²) < 4.78 is 1.06. The van der Waals surface area contributed by atoms with Crippen molar-refractivity contribution < 1.29 is 0 Å². The standard InChI is InChI=1S/C13H10BrClN2/c14-9-1-3-12-13(6-9)17-11-4-2-10(15)5-8(11)7-16-12/h1-6,16-17H,7H2. The second-order valence-electron chi connectivity index (χ2n) is 3.97. The van der Waals surface area contributed by atoms with E-state index >= 15 is 0 Å². The second-order valence-corrected chi connectivity index (χ2v) is 5.32. The van der Waals surface area contributed by atoms with E-state index in [-0.39, 0.29) is 0 Å². The Morgan fingerprint density at radius 3 is 2.71 bits per heavy atom. The molecule has 0 aliphatic carbocycles. The van der Waals surface area contributed by atoms with E-state index in [9.17, 15) is 0 Å². The van der Waals surface area contributed by atoms with E-state index in [0.29, 0.717) is 0 Å². The lowest BCUT2D eigenvalue weighted by molar-refractivity contribution is 1.17. The third kappa shape index (κ3) is 2.13. The highest BCUT2D eigenvalue weighted by Gasteiger charge is 2.12. The minimum atomic E-state index is 0.763. The van der Waals surface area contributed by atoms with Gasteiger partial charge in [0.15, 0.2) is 0 Å². The lowest BCUT2D eigenvalue weighted by Gasteiger charge is -2.09. The fourth-order valence-corrected chi connectivity index (χ4v) is 2.50.